The van der Waals surface area contributed by atoms with E-state index in [4.69, 9.17) is 11.6 Å². The zero-order valence-electron chi connectivity index (χ0n) is 34.2. The predicted octanol–water partition coefficient (Wildman–Crippen LogP) is 4.84. The van der Waals surface area contributed by atoms with E-state index >= 15 is 4.39 Å². The lowest BCUT2D eigenvalue weighted by atomic mass is 9.98. The molecule has 6 rings (SSSR count). The first-order chi connectivity index (χ1) is 28.5. The number of nitrogens with one attached hydrogen (secondary N) is 1. The summed E-state index contributed by atoms with van der Waals surface area (Å²) in [6.07, 6.45) is 3.82. The van der Waals surface area contributed by atoms with Crippen LogP contribution in [-0.2, 0) is 34.3 Å². The van der Waals surface area contributed by atoms with E-state index in [0.717, 1.165) is 19.6 Å². The Morgan fingerprint density at radius 1 is 1.02 bits per heavy atom. The number of amides is 2. The van der Waals surface area contributed by atoms with Crippen LogP contribution < -0.4 is 5.32 Å². The number of carbonyl (C=O) groups is 4. The Bertz CT molecular complexity index is 2240. The number of Topliss-reactive ketones (excluding diaryl/α,β-unsaturated/α-hetero) is 1. The summed E-state index contributed by atoms with van der Waals surface area (Å²) < 4.78 is 48.5. The SMILES string of the molecule is Cc1c(-c2cnc(C(=O)Cc3ccc(C(=O)N4CCN(C(=O)CCC[N+](C)(CC(=O)O)CC5CNC5)CC4)c(Cl)c3)n2C)ccc(-c2cnn(CCOC(F)F)c2C)c1F. The van der Waals surface area contributed by atoms with E-state index in [-0.39, 0.29) is 60.1 Å². The molecule has 2 amide bonds. The minimum Gasteiger partial charge on any atom is -0.477 e. The molecule has 18 heteroatoms. The minimum absolute atomic E-state index is 0.0165. The van der Waals surface area contributed by atoms with Crippen molar-refractivity contribution >= 4 is 35.2 Å². The van der Waals surface area contributed by atoms with Crippen molar-refractivity contribution in [2.45, 2.75) is 46.3 Å². The number of aliphatic carboxylic acids is 1. The van der Waals surface area contributed by atoms with Crippen molar-refractivity contribution < 1.29 is 46.7 Å². The summed E-state index contributed by atoms with van der Waals surface area (Å²) in [5.41, 5.74) is 3.64. The van der Waals surface area contributed by atoms with Crippen molar-refractivity contribution in [3.05, 3.63) is 81.8 Å². The van der Waals surface area contributed by atoms with Crippen molar-refractivity contribution in [2.75, 3.05) is 72.6 Å². The average Bonchev–Trinajstić information content (AvgIpc) is 3.75. The minimum atomic E-state index is -2.89. The van der Waals surface area contributed by atoms with E-state index in [9.17, 15) is 33.1 Å². The van der Waals surface area contributed by atoms with Gasteiger partial charge in [0.05, 0.1) is 62.0 Å². The molecule has 0 radical (unpaired) electrons. The Labute approximate surface area is 351 Å². The van der Waals surface area contributed by atoms with E-state index < -0.39 is 18.4 Å². The molecule has 2 fully saturated rings. The molecule has 2 aliphatic rings. The molecular weight excluding hydrogens is 805 g/mol. The number of nitrogens with zero attached hydrogens (tertiary/aromatic N) is 7. The van der Waals surface area contributed by atoms with Crippen LogP contribution in [0, 0.1) is 25.6 Å². The maximum Gasteiger partial charge on any atom is 0.359 e. The molecule has 60 heavy (non-hydrogen) atoms. The number of carboxylic acid groups (broad SMARTS) is 1. The first-order valence-electron chi connectivity index (χ1n) is 19.9. The van der Waals surface area contributed by atoms with Gasteiger partial charge >= 0.3 is 12.6 Å². The second-order valence-corrected chi connectivity index (χ2v) is 16.3. The zero-order chi connectivity index (χ0) is 43.3. The number of piperazine rings is 1. The summed E-state index contributed by atoms with van der Waals surface area (Å²) in [5.74, 6) is -1.35. The maximum absolute atomic E-state index is 15.9. The van der Waals surface area contributed by atoms with Gasteiger partial charge in [-0.25, -0.2) is 14.2 Å². The number of alkyl halides is 2. The Morgan fingerprint density at radius 2 is 1.72 bits per heavy atom. The number of halogens is 4. The number of hydrogen-bond acceptors (Lipinski definition) is 8. The second-order valence-electron chi connectivity index (χ2n) is 15.9. The van der Waals surface area contributed by atoms with Crippen LogP contribution in [0.3, 0.4) is 0 Å². The van der Waals surface area contributed by atoms with Gasteiger partial charge in [0.2, 0.25) is 11.7 Å². The van der Waals surface area contributed by atoms with Crippen molar-refractivity contribution in [1.82, 2.24) is 34.4 Å². The number of ketones is 1. The Hall–Kier alpha value is -5.10. The third kappa shape index (κ3) is 10.3. The van der Waals surface area contributed by atoms with Gasteiger partial charge in [-0.05, 0) is 37.1 Å². The van der Waals surface area contributed by atoms with Crippen LogP contribution in [0.25, 0.3) is 22.4 Å². The standard InChI is InChI=1S/C42H50ClF3N8O6/c1-26-30(9-10-31(39(26)44)33-22-49-53(27(33)2)15-17-60-42(45)46)35-23-48-40(50(35)3)36(55)19-28-7-8-32(34(43)18-28)41(59)52-13-11-51(12-14-52)37(56)6-5-16-54(4,25-38(57)58)24-29-20-47-21-29/h7-10,18,22-23,29,42,47H,5-6,11-17,19-21,24-25H2,1-4H3/p+1. The van der Waals surface area contributed by atoms with E-state index in [2.05, 4.69) is 20.1 Å². The van der Waals surface area contributed by atoms with Crippen molar-refractivity contribution in [1.29, 1.82) is 0 Å². The van der Waals surface area contributed by atoms with Gasteiger partial charge in [0.25, 0.3) is 5.91 Å². The fourth-order valence-corrected chi connectivity index (χ4v) is 8.41. The smallest absolute Gasteiger partial charge is 0.359 e. The van der Waals surface area contributed by atoms with E-state index in [1.807, 2.05) is 7.05 Å². The summed E-state index contributed by atoms with van der Waals surface area (Å²) >= 11 is 6.61. The number of imidazole rings is 1. The normalized spacial score (nSPS) is 15.6. The molecule has 0 aliphatic carbocycles. The fourth-order valence-electron chi connectivity index (χ4n) is 8.12. The number of ether oxygens (including phenoxy) is 1. The molecule has 2 saturated heterocycles. The predicted molar refractivity (Wildman–Crippen MR) is 217 cm³/mol. The summed E-state index contributed by atoms with van der Waals surface area (Å²) in [7, 11) is 3.61. The van der Waals surface area contributed by atoms with Gasteiger partial charge in [0, 0.05) is 93.9 Å². The van der Waals surface area contributed by atoms with E-state index in [0.29, 0.717) is 95.2 Å². The van der Waals surface area contributed by atoms with Crippen molar-refractivity contribution in [3.8, 4) is 22.4 Å². The van der Waals surface area contributed by atoms with Gasteiger partial charge in [0.15, 0.2) is 12.4 Å². The van der Waals surface area contributed by atoms with Crippen LogP contribution in [0.2, 0.25) is 5.02 Å². The average molecular weight is 856 g/mol. The zero-order valence-corrected chi connectivity index (χ0v) is 35.0. The molecule has 1 atom stereocenters. The monoisotopic (exact) mass is 855 g/mol. The topological polar surface area (TPSA) is 152 Å². The highest BCUT2D eigenvalue weighted by Crippen LogP contribution is 2.34. The first kappa shape index (κ1) is 44.5. The summed E-state index contributed by atoms with van der Waals surface area (Å²) in [5, 5.41) is 17.1. The molecule has 4 aromatic rings. The number of carbonyl (C=O) groups excluding carboxylic acids is 3. The molecule has 2 aromatic heterocycles. The molecule has 4 heterocycles. The lowest BCUT2D eigenvalue weighted by Crippen LogP contribution is -2.57. The van der Waals surface area contributed by atoms with Crippen LogP contribution >= 0.6 is 11.6 Å². The molecule has 14 nitrogen and oxygen atoms in total. The fraction of sp³-hybridized carbons (Fsp3) is 0.476. The van der Waals surface area contributed by atoms with Crippen LogP contribution in [-0.4, -0.2) is 141 Å². The van der Waals surface area contributed by atoms with Gasteiger partial charge in [-0.3, -0.25) is 19.1 Å². The summed E-state index contributed by atoms with van der Waals surface area (Å²) in [6, 6.07) is 8.20. The van der Waals surface area contributed by atoms with Gasteiger partial charge in [-0.15, -0.1) is 0 Å². The molecule has 2 N–H and O–H groups in total. The molecule has 322 valence electrons. The number of hydrogen-bond donors (Lipinski definition) is 2. The molecule has 1 unspecified atom stereocenters. The van der Waals surface area contributed by atoms with Crippen LogP contribution in [0.4, 0.5) is 13.2 Å². The summed E-state index contributed by atoms with van der Waals surface area (Å²) in [4.78, 5) is 59.3. The maximum atomic E-state index is 15.9. The molecule has 0 bridgehead atoms. The first-order valence-corrected chi connectivity index (χ1v) is 20.3. The highest BCUT2D eigenvalue weighted by atomic mass is 35.5. The van der Waals surface area contributed by atoms with Crippen LogP contribution in [0.15, 0.2) is 42.7 Å². The van der Waals surface area contributed by atoms with Gasteiger partial charge in [-0.1, -0.05) is 29.8 Å². The Kier molecular flexibility index (Phi) is 14.1. The van der Waals surface area contributed by atoms with Gasteiger partial charge in [0.1, 0.15) is 5.82 Å². The van der Waals surface area contributed by atoms with Crippen molar-refractivity contribution in [2.24, 2.45) is 13.0 Å². The van der Waals surface area contributed by atoms with Gasteiger partial charge in [-0.2, -0.15) is 13.9 Å². The van der Waals surface area contributed by atoms with Gasteiger partial charge < -0.3 is 34.0 Å². The third-order valence-electron chi connectivity index (χ3n) is 11.6. The molecule has 0 spiro atoms. The molecule has 0 saturated carbocycles. The quantitative estimate of drug-likeness (QED) is 0.106. The number of benzene rings is 2. The number of carboxylic acids is 1. The number of aromatic nitrogens is 4. The Morgan fingerprint density at radius 3 is 2.37 bits per heavy atom. The Balaban J connectivity index is 1.02. The van der Waals surface area contributed by atoms with Crippen LogP contribution in [0.5, 0.6) is 0 Å². The lowest BCUT2D eigenvalue weighted by molar-refractivity contribution is -0.906. The summed E-state index contributed by atoms with van der Waals surface area (Å²) in [6.45, 7) is 4.85. The highest BCUT2D eigenvalue weighted by molar-refractivity contribution is 6.34. The number of quaternary nitrogens is 1. The van der Waals surface area contributed by atoms with Crippen molar-refractivity contribution in [3.63, 3.8) is 0 Å². The second kappa shape index (κ2) is 19.1. The molecule has 2 aliphatic heterocycles. The molecule has 2 aromatic carbocycles. The highest BCUT2D eigenvalue weighted by Gasteiger charge is 2.33. The van der Waals surface area contributed by atoms with E-state index in [1.165, 1.54) is 17.1 Å². The number of rotatable bonds is 18. The van der Waals surface area contributed by atoms with E-state index in [1.54, 1.807) is 65.6 Å². The third-order valence-corrected chi connectivity index (χ3v) is 11.9. The lowest BCUT2D eigenvalue weighted by Gasteiger charge is -2.39. The largest absolute Gasteiger partial charge is 0.477 e. The molecular formula is C42H51ClF3N8O6+. The van der Waals surface area contributed by atoms with Crippen LogP contribution in [0.1, 0.15) is 50.6 Å². The number of likely N-dealkylation sites (N-methyl/N-ethyl adjacent to an activating group) is 1.